The summed E-state index contributed by atoms with van der Waals surface area (Å²) in [6, 6.07) is 27.2. The summed E-state index contributed by atoms with van der Waals surface area (Å²) in [6.45, 7) is 0. The van der Waals surface area contributed by atoms with Crippen molar-refractivity contribution in [3.05, 3.63) is 155 Å². The molecule has 4 atom stereocenters. The van der Waals surface area contributed by atoms with Crippen LogP contribution in [0.3, 0.4) is 0 Å². The first-order valence-electron chi connectivity index (χ1n) is 16.2. The van der Waals surface area contributed by atoms with Crippen LogP contribution in [0.25, 0.3) is 0 Å². The van der Waals surface area contributed by atoms with Gasteiger partial charge in [-0.3, -0.25) is 15.3 Å². The van der Waals surface area contributed by atoms with Gasteiger partial charge in [-0.05, 0) is 49.3 Å². The molecule has 45 heavy (non-hydrogen) atoms. The molecule has 5 aliphatic rings. The monoisotopic (exact) mass is 591 g/mol. The molecular weight excluding hydrogens is 554 g/mol. The van der Waals surface area contributed by atoms with Crippen LogP contribution in [0.5, 0.6) is 11.5 Å². The van der Waals surface area contributed by atoms with Crippen LogP contribution in [0.2, 0.25) is 0 Å². The normalized spacial score (nSPS) is 27.0. The van der Waals surface area contributed by atoms with E-state index in [-0.39, 0.29) is 18.2 Å². The van der Waals surface area contributed by atoms with Crippen LogP contribution in [-0.4, -0.2) is 24.1 Å². The number of para-hydroxylation sites is 1. The summed E-state index contributed by atoms with van der Waals surface area (Å²) >= 11 is 0. The highest BCUT2D eigenvalue weighted by molar-refractivity contribution is 6.02. The number of nitrogens with one attached hydrogen (secondary N) is 1. The molecule has 4 unspecified atom stereocenters. The van der Waals surface area contributed by atoms with Crippen LogP contribution in [0.4, 0.5) is 0 Å². The maximum atomic E-state index is 6.93. The molecule has 0 bridgehead atoms. The predicted molar refractivity (Wildman–Crippen MR) is 181 cm³/mol. The van der Waals surface area contributed by atoms with E-state index in [9.17, 15) is 0 Å². The molecule has 3 heterocycles. The molecule has 2 aliphatic carbocycles. The van der Waals surface area contributed by atoms with E-state index < -0.39 is 5.79 Å². The smallest absolute Gasteiger partial charge is 0.301 e. The Balaban J connectivity index is 1.08. The third-order valence-corrected chi connectivity index (χ3v) is 9.33. The van der Waals surface area contributed by atoms with Gasteiger partial charge in [-0.25, -0.2) is 0 Å². The van der Waals surface area contributed by atoms with Gasteiger partial charge in [-0.1, -0.05) is 115 Å². The number of benzene rings is 3. The van der Waals surface area contributed by atoms with Crippen molar-refractivity contribution in [1.82, 2.24) is 5.32 Å². The largest absolute Gasteiger partial charge is 0.441 e. The first-order valence-corrected chi connectivity index (χ1v) is 16.2. The molecule has 0 saturated heterocycles. The van der Waals surface area contributed by atoms with E-state index in [0.717, 1.165) is 78.0 Å². The fraction of sp³-hybridized carbons (Fsp3) is 0.250. The van der Waals surface area contributed by atoms with Crippen LogP contribution in [0.15, 0.2) is 148 Å². The van der Waals surface area contributed by atoms with Gasteiger partial charge >= 0.3 is 5.79 Å². The van der Waals surface area contributed by atoms with Gasteiger partial charge in [0.1, 0.15) is 6.17 Å². The van der Waals surface area contributed by atoms with Crippen molar-refractivity contribution < 1.29 is 9.47 Å². The zero-order valence-electron chi connectivity index (χ0n) is 25.3. The van der Waals surface area contributed by atoms with E-state index in [0.29, 0.717) is 0 Å². The van der Waals surface area contributed by atoms with Crippen molar-refractivity contribution in [2.24, 2.45) is 9.98 Å². The lowest BCUT2D eigenvalue weighted by molar-refractivity contribution is -0.0531. The van der Waals surface area contributed by atoms with Gasteiger partial charge in [-0.2, -0.15) is 0 Å². The average Bonchev–Trinajstić information content (AvgIpc) is 3.54. The third-order valence-electron chi connectivity index (χ3n) is 9.33. The Hall–Kier alpha value is -4.74. The molecule has 0 saturated carbocycles. The molecule has 0 fully saturated rings. The second-order valence-electron chi connectivity index (χ2n) is 12.2. The van der Waals surface area contributed by atoms with E-state index in [1.807, 2.05) is 30.5 Å². The maximum absolute atomic E-state index is 6.93. The molecule has 5 heteroatoms. The minimum atomic E-state index is -0.977. The number of hydrogen-bond donors (Lipinski definition) is 1. The standard InChI is InChI=1S/C40H37N3O2/c1-5-14-28(15-6-1)35-26-36(29-16-7-2-8-17-29)43-39(42-35)30-24-25-34(41-27-30)33-22-13-23-37-38(33)45-40(44-37,31-18-9-3-10-19-31)32-20-11-4-12-21-32/h1,3-7,9-11,13-20,22-24,27,34,36,39,43H,2,8,12,21,25-26H2. The Bertz CT molecular complexity index is 1800. The lowest BCUT2D eigenvalue weighted by Crippen LogP contribution is -2.45. The summed E-state index contributed by atoms with van der Waals surface area (Å²) in [5.41, 5.74) is 7.94. The SMILES string of the molecule is C1=CCCC(C2(c3ccccc3)Oc3cccc(C4CC=C(C5N=C(c6ccccc6)CC(C6=CCCC=C6)N5)C=N4)c3O2)=C1. The molecule has 5 nitrogen and oxygen atoms in total. The summed E-state index contributed by atoms with van der Waals surface area (Å²) in [5.74, 6) is 0.571. The molecule has 8 rings (SSSR count). The van der Waals surface area contributed by atoms with Crippen LogP contribution in [-0.2, 0) is 5.79 Å². The van der Waals surface area contributed by atoms with Crippen molar-refractivity contribution in [2.75, 3.05) is 0 Å². The molecule has 0 aromatic heterocycles. The number of allylic oxidation sites excluding steroid dienone is 5. The minimum absolute atomic E-state index is 0.0694. The Labute approximate surface area is 265 Å². The Morgan fingerprint density at radius 3 is 2.42 bits per heavy atom. The summed E-state index contributed by atoms with van der Waals surface area (Å²) in [4.78, 5) is 10.3. The van der Waals surface area contributed by atoms with Crippen molar-refractivity contribution in [1.29, 1.82) is 0 Å². The van der Waals surface area contributed by atoms with Crippen LogP contribution in [0, 0.1) is 0 Å². The number of ether oxygens (including phenoxy) is 2. The molecule has 0 radical (unpaired) electrons. The van der Waals surface area contributed by atoms with Gasteiger partial charge < -0.3 is 9.47 Å². The highest BCUT2D eigenvalue weighted by Gasteiger charge is 2.48. The van der Waals surface area contributed by atoms with E-state index in [2.05, 4.69) is 102 Å². The summed E-state index contributed by atoms with van der Waals surface area (Å²) in [7, 11) is 0. The summed E-state index contributed by atoms with van der Waals surface area (Å²) < 4.78 is 13.7. The van der Waals surface area contributed by atoms with E-state index in [1.165, 1.54) is 11.1 Å². The second kappa shape index (κ2) is 12.0. The summed E-state index contributed by atoms with van der Waals surface area (Å²) in [5, 5.41) is 3.83. The Morgan fingerprint density at radius 1 is 0.800 bits per heavy atom. The minimum Gasteiger partial charge on any atom is -0.441 e. The lowest BCUT2D eigenvalue weighted by Gasteiger charge is -2.33. The first-order chi connectivity index (χ1) is 22.3. The van der Waals surface area contributed by atoms with Gasteiger partial charge in [0, 0.05) is 46.7 Å². The highest BCUT2D eigenvalue weighted by Crippen LogP contribution is 2.52. The molecule has 3 aromatic rings. The lowest BCUT2D eigenvalue weighted by atomic mass is 9.90. The fourth-order valence-corrected chi connectivity index (χ4v) is 6.99. The molecule has 0 spiro atoms. The van der Waals surface area contributed by atoms with Gasteiger partial charge in [-0.15, -0.1) is 0 Å². The predicted octanol–water partition coefficient (Wildman–Crippen LogP) is 8.48. The van der Waals surface area contributed by atoms with Gasteiger partial charge in [0.2, 0.25) is 0 Å². The van der Waals surface area contributed by atoms with Crippen LogP contribution >= 0.6 is 0 Å². The third kappa shape index (κ3) is 5.32. The van der Waals surface area contributed by atoms with Crippen molar-refractivity contribution in [3.63, 3.8) is 0 Å². The second-order valence-corrected chi connectivity index (χ2v) is 12.2. The molecule has 224 valence electrons. The molecule has 3 aromatic carbocycles. The zero-order valence-corrected chi connectivity index (χ0v) is 25.3. The van der Waals surface area contributed by atoms with Gasteiger partial charge in [0.05, 0.1) is 6.04 Å². The van der Waals surface area contributed by atoms with Gasteiger partial charge in [0.15, 0.2) is 11.5 Å². The highest BCUT2D eigenvalue weighted by atomic mass is 16.7. The van der Waals surface area contributed by atoms with Crippen molar-refractivity contribution in [2.45, 2.75) is 62.6 Å². The quantitative estimate of drug-likeness (QED) is 0.313. The number of dihydropyridines is 1. The average molecular weight is 592 g/mol. The molecule has 3 aliphatic heterocycles. The van der Waals surface area contributed by atoms with Crippen LogP contribution in [0.1, 0.15) is 61.3 Å². The molecule has 1 N–H and O–H groups in total. The topological polar surface area (TPSA) is 55.2 Å². The van der Waals surface area contributed by atoms with Gasteiger partial charge in [0.25, 0.3) is 0 Å². The zero-order chi connectivity index (χ0) is 30.1. The number of fused-ring (bicyclic) bond motifs is 1. The van der Waals surface area contributed by atoms with E-state index >= 15 is 0 Å². The first kappa shape index (κ1) is 27.8. The van der Waals surface area contributed by atoms with Crippen molar-refractivity contribution >= 4 is 11.9 Å². The maximum Gasteiger partial charge on any atom is 0.301 e. The molecule has 0 amide bonds. The van der Waals surface area contributed by atoms with Crippen LogP contribution < -0.4 is 14.8 Å². The Morgan fingerprint density at radius 2 is 1.67 bits per heavy atom. The summed E-state index contributed by atoms with van der Waals surface area (Å²) in [6.07, 6.45) is 23.2. The Kier molecular flexibility index (Phi) is 7.40. The number of aliphatic imine (C=N–C) groups is 2. The van der Waals surface area contributed by atoms with E-state index in [4.69, 9.17) is 19.5 Å². The fourth-order valence-electron chi connectivity index (χ4n) is 6.99. The van der Waals surface area contributed by atoms with E-state index in [1.54, 1.807) is 0 Å². The van der Waals surface area contributed by atoms with Crippen molar-refractivity contribution in [3.8, 4) is 11.5 Å². The molecular formula is C40H37N3O2. The number of rotatable bonds is 6. The number of hydrogen-bond acceptors (Lipinski definition) is 5. The number of nitrogens with zero attached hydrogens (tertiary/aromatic N) is 2.